The Balaban J connectivity index is 2.11. The molecule has 0 aromatic heterocycles. The first-order valence-corrected chi connectivity index (χ1v) is 6.86. The average Bonchev–Trinajstić information content (AvgIpc) is 2.38. The van der Waals surface area contributed by atoms with Gasteiger partial charge in [0.15, 0.2) is 0 Å². The standard InChI is InChI=1S/C15H24N2O/c1-3-12-6-7-15(18-2)13(9-12)10-17-8-4-5-14(16)11-17/h6-7,9,14H,3-5,8,10-11,16H2,1-2H3. The Morgan fingerprint density at radius 3 is 2.94 bits per heavy atom. The van der Waals surface area contributed by atoms with E-state index in [1.807, 2.05) is 0 Å². The predicted molar refractivity (Wildman–Crippen MR) is 74.9 cm³/mol. The van der Waals surface area contributed by atoms with Crippen LogP contribution in [-0.2, 0) is 13.0 Å². The van der Waals surface area contributed by atoms with Gasteiger partial charge in [-0.1, -0.05) is 19.1 Å². The molecule has 1 aliphatic heterocycles. The van der Waals surface area contributed by atoms with Crippen LogP contribution in [0.1, 0.15) is 30.9 Å². The monoisotopic (exact) mass is 248 g/mol. The third kappa shape index (κ3) is 3.24. The van der Waals surface area contributed by atoms with Gasteiger partial charge in [-0.15, -0.1) is 0 Å². The minimum Gasteiger partial charge on any atom is -0.496 e. The molecule has 0 bridgehead atoms. The zero-order chi connectivity index (χ0) is 13.0. The Bertz CT molecular complexity index is 392. The van der Waals surface area contributed by atoms with E-state index in [0.717, 1.165) is 38.2 Å². The molecule has 3 heteroatoms. The van der Waals surface area contributed by atoms with Crippen molar-refractivity contribution in [1.82, 2.24) is 4.90 Å². The fourth-order valence-electron chi connectivity index (χ4n) is 2.65. The fraction of sp³-hybridized carbons (Fsp3) is 0.600. The minimum absolute atomic E-state index is 0.333. The molecule has 0 aliphatic carbocycles. The molecule has 2 rings (SSSR count). The van der Waals surface area contributed by atoms with Gasteiger partial charge in [-0.05, 0) is 37.4 Å². The molecule has 0 spiro atoms. The van der Waals surface area contributed by atoms with Crippen LogP contribution in [0.25, 0.3) is 0 Å². The molecule has 1 unspecified atom stereocenters. The van der Waals surface area contributed by atoms with Gasteiger partial charge >= 0.3 is 0 Å². The number of likely N-dealkylation sites (tertiary alicyclic amines) is 1. The summed E-state index contributed by atoms with van der Waals surface area (Å²) in [5.41, 5.74) is 8.68. The SMILES string of the molecule is CCc1ccc(OC)c(CN2CCCC(N)C2)c1. The minimum atomic E-state index is 0.333. The highest BCUT2D eigenvalue weighted by Crippen LogP contribution is 2.23. The predicted octanol–water partition coefficient (Wildman–Crippen LogP) is 2.18. The van der Waals surface area contributed by atoms with Crippen molar-refractivity contribution in [3.8, 4) is 5.75 Å². The van der Waals surface area contributed by atoms with Crippen molar-refractivity contribution in [2.24, 2.45) is 5.73 Å². The molecule has 1 fully saturated rings. The highest BCUT2D eigenvalue weighted by Gasteiger charge is 2.18. The van der Waals surface area contributed by atoms with Crippen molar-refractivity contribution in [2.75, 3.05) is 20.2 Å². The van der Waals surface area contributed by atoms with E-state index in [-0.39, 0.29) is 0 Å². The maximum absolute atomic E-state index is 6.03. The number of piperidine rings is 1. The van der Waals surface area contributed by atoms with Crippen molar-refractivity contribution in [3.05, 3.63) is 29.3 Å². The molecule has 1 atom stereocenters. The van der Waals surface area contributed by atoms with Gasteiger partial charge in [0.2, 0.25) is 0 Å². The summed E-state index contributed by atoms with van der Waals surface area (Å²) < 4.78 is 5.46. The molecule has 1 aliphatic rings. The molecule has 18 heavy (non-hydrogen) atoms. The second-order valence-electron chi connectivity index (χ2n) is 5.14. The lowest BCUT2D eigenvalue weighted by Crippen LogP contribution is -2.42. The third-order valence-corrected chi connectivity index (χ3v) is 3.69. The summed E-state index contributed by atoms with van der Waals surface area (Å²) in [5.74, 6) is 0.992. The molecule has 1 heterocycles. The highest BCUT2D eigenvalue weighted by molar-refractivity contribution is 5.37. The summed E-state index contributed by atoms with van der Waals surface area (Å²) in [4.78, 5) is 2.44. The molecular formula is C15H24N2O. The van der Waals surface area contributed by atoms with Gasteiger partial charge in [0.05, 0.1) is 7.11 Å². The van der Waals surface area contributed by atoms with Gasteiger partial charge in [-0.25, -0.2) is 0 Å². The van der Waals surface area contributed by atoms with E-state index in [0.29, 0.717) is 6.04 Å². The normalized spacial score (nSPS) is 20.9. The van der Waals surface area contributed by atoms with E-state index in [2.05, 4.69) is 30.0 Å². The highest BCUT2D eigenvalue weighted by atomic mass is 16.5. The van der Waals surface area contributed by atoms with Crippen molar-refractivity contribution in [3.63, 3.8) is 0 Å². The Morgan fingerprint density at radius 1 is 1.44 bits per heavy atom. The number of ether oxygens (including phenoxy) is 1. The molecule has 100 valence electrons. The summed E-state index contributed by atoms with van der Waals surface area (Å²) in [6.45, 7) is 5.28. The number of methoxy groups -OCH3 is 1. The van der Waals surface area contributed by atoms with E-state index in [4.69, 9.17) is 10.5 Å². The number of nitrogens with zero attached hydrogens (tertiary/aromatic N) is 1. The topological polar surface area (TPSA) is 38.5 Å². The largest absolute Gasteiger partial charge is 0.496 e. The molecule has 3 nitrogen and oxygen atoms in total. The van der Waals surface area contributed by atoms with Crippen LogP contribution in [0.15, 0.2) is 18.2 Å². The summed E-state index contributed by atoms with van der Waals surface area (Å²) in [7, 11) is 1.74. The Hall–Kier alpha value is -1.06. The maximum Gasteiger partial charge on any atom is 0.123 e. The Labute approximate surface area is 110 Å². The number of hydrogen-bond donors (Lipinski definition) is 1. The fourth-order valence-corrected chi connectivity index (χ4v) is 2.65. The molecule has 1 aromatic rings. The van der Waals surface area contributed by atoms with E-state index in [9.17, 15) is 0 Å². The maximum atomic E-state index is 6.03. The number of benzene rings is 1. The second-order valence-corrected chi connectivity index (χ2v) is 5.14. The van der Waals surface area contributed by atoms with E-state index in [1.165, 1.54) is 17.5 Å². The van der Waals surface area contributed by atoms with Gasteiger partial charge in [0, 0.05) is 24.7 Å². The Morgan fingerprint density at radius 2 is 2.28 bits per heavy atom. The summed E-state index contributed by atoms with van der Waals surface area (Å²) in [5, 5.41) is 0. The second kappa shape index (κ2) is 6.21. The van der Waals surface area contributed by atoms with Crippen molar-refractivity contribution in [2.45, 2.75) is 38.8 Å². The van der Waals surface area contributed by atoms with Crippen molar-refractivity contribution in [1.29, 1.82) is 0 Å². The van der Waals surface area contributed by atoms with Gasteiger partial charge < -0.3 is 10.5 Å². The lowest BCUT2D eigenvalue weighted by Gasteiger charge is -2.31. The van der Waals surface area contributed by atoms with Crippen molar-refractivity contribution < 1.29 is 4.74 Å². The van der Waals surface area contributed by atoms with Gasteiger partial charge in [-0.2, -0.15) is 0 Å². The number of aryl methyl sites for hydroxylation is 1. The van der Waals surface area contributed by atoms with Crippen LogP contribution >= 0.6 is 0 Å². The van der Waals surface area contributed by atoms with Crippen LogP contribution in [0, 0.1) is 0 Å². The van der Waals surface area contributed by atoms with Crippen LogP contribution in [0.5, 0.6) is 5.75 Å². The first kappa shape index (κ1) is 13.4. The molecule has 0 amide bonds. The molecular weight excluding hydrogens is 224 g/mol. The number of nitrogens with two attached hydrogens (primary N) is 1. The molecule has 1 saturated heterocycles. The number of rotatable bonds is 4. The summed E-state index contributed by atoms with van der Waals surface area (Å²) >= 11 is 0. The van der Waals surface area contributed by atoms with Crippen LogP contribution in [0.2, 0.25) is 0 Å². The summed E-state index contributed by atoms with van der Waals surface area (Å²) in [6, 6.07) is 6.82. The lowest BCUT2D eigenvalue weighted by atomic mass is 10.0. The zero-order valence-electron chi connectivity index (χ0n) is 11.5. The quantitative estimate of drug-likeness (QED) is 0.887. The van der Waals surface area contributed by atoms with E-state index in [1.54, 1.807) is 7.11 Å². The lowest BCUT2D eigenvalue weighted by molar-refractivity contribution is 0.199. The molecule has 1 aromatic carbocycles. The van der Waals surface area contributed by atoms with Crippen LogP contribution in [0.4, 0.5) is 0 Å². The first-order valence-electron chi connectivity index (χ1n) is 6.86. The Kier molecular flexibility index (Phi) is 4.61. The number of hydrogen-bond acceptors (Lipinski definition) is 3. The van der Waals surface area contributed by atoms with Crippen molar-refractivity contribution >= 4 is 0 Å². The smallest absolute Gasteiger partial charge is 0.123 e. The van der Waals surface area contributed by atoms with Gasteiger partial charge in [0.25, 0.3) is 0 Å². The van der Waals surface area contributed by atoms with E-state index < -0.39 is 0 Å². The molecule has 0 saturated carbocycles. The molecule has 0 radical (unpaired) electrons. The van der Waals surface area contributed by atoms with Crippen LogP contribution < -0.4 is 10.5 Å². The summed E-state index contributed by atoms with van der Waals surface area (Å²) in [6.07, 6.45) is 3.43. The van der Waals surface area contributed by atoms with Gasteiger partial charge in [0.1, 0.15) is 5.75 Å². The average molecular weight is 248 g/mol. The third-order valence-electron chi connectivity index (χ3n) is 3.69. The van der Waals surface area contributed by atoms with E-state index >= 15 is 0 Å². The molecule has 2 N–H and O–H groups in total. The van der Waals surface area contributed by atoms with Crippen LogP contribution in [0.3, 0.4) is 0 Å². The first-order chi connectivity index (χ1) is 8.72. The zero-order valence-corrected chi connectivity index (χ0v) is 11.5. The van der Waals surface area contributed by atoms with Gasteiger partial charge in [-0.3, -0.25) is 4.90 Å². The van der Waals surface area contributed by atoms with Crippen LogP contribution in [-0.4, -0.2) is 31.1 Å².